The van der Waals surface area contributed by atoms with Crippen molar-refractivity contribution in [1.29, 1.82) is 0 Å². The molecule has 26 heavy (non-hydrogen) atoms. The SMILES string of the molecule is CNC(=O)c1ccccc1NC(=O)c1ccc(-n2nc(C)cc2C)cc1. The summed E-state index contributed by atoms with van der Waals surface area (Å²) in [5.41, 5.74) is 4.25. The van der Waals surface area contributed by atoms with Gasteiger partial charge in [0.25, 0.3) is 11.8 Å². The summed E-state index contributed by atoms with van der Waals surface area (Å²) in [5, 5.41) is 9.80. The molecule has 2 N–H and O–H groups in total. The Balaban J connectivity index is 1.81. The second-order valence-corrected chi connectivity index (χ2v) is 5.96. The van der Waals surface area contributed by atoms with Crippen molar-refractivity contribution in [1.82, 2.24) is 15.1 Å². The molecule has 1 aromatic heterocycles. The maximum atomic E-state index is 12.5. The van der Waals surface area contributed by atoms with Gasteiger partial charge in [-0.3, -0.25) is 9.59 Å². The molecule has 0 unspecified atom stereocenters. The molecule has 3 rings (SSSR count). The molecule has 3 aromatic rings. The van der Waals surface area contributed by atoms with Crippen molar-refractivity contribution < 1.29 is 9.59 Å². The maximum absolute atomic E-state index is 12.5. The van der Waals surface area contributed by atoms with Crippen LogP contribution in [0.1, 0.15) is 32.1 Å². The van der Waals surface area contributed by atoms with Gasteiger partial charge in [-0.15, -0.1) is 0 Å². The van der Waals surface area contributed by atoms with Gasteiger partial charge in [-0.05, 0) is 56.3 Å². The average Bonchev–Trinajstić information content (AvgIpc) is 2.99. The van der Waals surface area contributed by atoms with E-state index in [1.807, 2.05) is 36.7 Å². The lowest BCUT2D eigenvalue weighted by Crippen LogP contribution is -2.21. The van der Waals surface area contributed by atoms with E-state index < -0.39 is 0 Å². The number of anilines is 1. The molecule has 0 bridgehead atoms. The number of hydrogen-bond acceptors (Lipinski definition) is 3. The number of nitrogens with one attached hydrogen (secondary N) is 2. The Labute approximate surface area is 151 Å². The maximum Gasteiger partial charge on any atom is 0.255 e. The van der Waals surface area contributed by atoms with Crippen LogP contribution in [0.5, 0.6) is 0 Å². The number of benzene rings is 2. The third-order valence-corrected chi connectivity index (χ3v) is 4.03. The standard InChI is InChI=1S/C20H20N4O2/c1-13-12-14(2)24(23-13)16-10-8-15(9-11-16)19(25)22-18-7-5-4-6-17(18)20(26)21-3/h4-12H,1-3H3,(H,21,26)(H,22,25). The fraction of sp³-hybridized carbons (Fsp3) is 0.150. The van der Waals surface area contributed by atoms with Gasteiger partial charge in [-0.25, -0.2) is 4.68 Å². The zero-order valence-corrected chi connectivity index (χ0v) is 14.9. The first-order chi connectivity index (χ1) is 12.5. The number of carbonyl (C=O) groups excluding carboxylic acids is 2. The van der Waals surface area contributed by atoms with Crippen LogP contribution in [-0.2, 0) is 0 Å². The molecule has 0 radical (unpaired) electrons. The normalized spacial score (nSPS) is 10.4. The fourth-order valence-electron chi connectivity index (χ4n) is 2.76. The van der Waals surface area contributed by atoms with Gasteiger partial charge in [0.1, 0.15) is 0 Å². The van der Waals surface area contributed by atoms with Crippen LogP contribution < -0.4 is 10.6 Å². The molecule has 2 amide bonds. The molecule has 0 aliphatic carbocycles. The van der Waals surface area contributed by atoms with Crippen LogP contribution in [0.25, 0.3) is 5.69 Å². The van der Waals surface area contributed by atoms with Crippen molar-refractivity contribution in [3.8, 4) is 5.69 Å². The smallest absolute Gasteiger partial charge is 0.255 e. The molecule has 1 heterocycles. The van der Waals surface area contributed by atoms with Crippen molar-refractivity contribution >= 4 is 17.5 Å². The van der Waals surface area contributed by atoms with E-state index in [9.17, 15) is 9.59 Å². The molecule has 0 saturated heterocycles. The first kappa shape index (κ1) is 17.4. The average molecular weight is 348 g/mol. The van der Waals surface area contributed by atoms with Crippen LogP contribution in [-0.4, -0.2) is 28.6 Å². The van der Waals surface area contributed by atoms with Crippen molar-refractivity contribution in [2.24, 2.45) is 0 Å². The summed E-state index contributed by atoms with van der Waals surface area (Å²) in [6, 6.07) is 16.1. The molecule has 0 spiro atoms. The number of hydrogen-bond donors (Lipinski definition) is 2. The molecule has 0 atom stereocenters. The highest BCUT2D eigenvalue weighted by Gasteiger charge is 2.13. The minimum Gasteiger partial charge on any atom is -0.355 e. The summed E-state index contributed by atoms with van der Waals surface area (Å²) in [4.78, 5) is 24.4. The highest BCUT2D eigenvalue weighted by molar-refractivity contribution is 6.09. The molecular formula is C20H20N4O2. The van der Waals surface area contributed by atoms with Gasteiger partial charge in [0.15, 0.2) is 0 Å². The van der Waals surface area contributed by atoms with E-state index in [1.54, 1.807) is 43.4 Å². The van der Waals surface area contributed by atoms with E-state index in [1.165, 1.54) is 0 Å². The zero-order chi connectivity index (χ0) is 18.7. The highest BCUT2D eigenvalue weighted by Crippen LogP contribution is 2.17. The highest BCUT2D eigenvalue weighted by atomic mass is 16.2. The van der Waals surface area contributed by atoms with Gasteiger partial charge in [-0.2, -0.15) is 5.10 Å². The first-order valence-corrected chi connectivity index (χ1v) is 8.26. The Kier molecular flexibility index (Phi) is 4.84. The van der Waals surface area contributed by atoms with Crippen LogP contribution >= 0.6 is 0 Å². The van der Waals surface area contributed by atoms with Gasteiger partial charge < -0.3 is 10.6 Å². The molecule has 132 valence electrons. The molecular weight excluding hydrogens is 328 g/mol. The van der Waals surface area contributed by atoms with Crippen molar-refractivity contribution in [3.63, 3.8) is 0 Å². The van der Waals surface area contributed by atoms with E-state index in [-0.39, 0.29) is 11.8 Å². The van der Waals surface area contributed by atoms with Gasteiger partial charge in [0.05, 0.1) is 22.6 Å². The Bertz CT molecular complexity index is 958. The molecule has 2 aromatic carbocycles. The van der Waals surface area contributed by atoms with E-state index in [4.69, 9.17) is 0 Å². The second kappa shape index (κ2) is 7.23. The topological polar surface area (TPSA) is 76.0 Å². The van der Waals surface area contributed by atoms with Gasteiger partial charge in [0.2, 0.25) is 0 Å². The third-order valence-electron chi connectivity index (χ3n) is 4.03. The summed E-state index contributed by atoms with van der Waals surface area (Å²) in [6.45, 7) is 3.92. The van der Waals surface area contributed by atoms with Crippen LogP contribution in [0.4, 0.5) is 5.69 Å². The van der Waals surface area contributed by atoms with Crippen LogP contribution in [0.2, 0.25) is 0 Å². The number of aromatic nitrogens is 2. The zero-order valence-electron chi connectivity index (χ0n) is 14.9. The first-order valence-electron chi connectivity index (χ1n) is 8.26. The number of para-hydroxylation sites is 1. The number of nitrogens with zero attached hydrogens (tertiary/aromatic N) is 2. The Morgan fingerprint density at radius 2 is 1.65 bits per heavy atom. The number of carbonyl (C=O) groups is 2. The number of amides is 2. The van der Waals surface area contributed by atoms with Gasteiger partial charge in [-0.1, -0.05) is 12.1 Å². The number of aryl methyl sites for hydroxylation is 2. The molecule has 0 aliphatic rings. The quantitative estimate of drug-likeness (QED) is 0.761. The predicted molar refractivity (Wildman–Crippen MR) is 101 cm³/mol. The molecule has 0 fully saturated rings. The van der Waals surface area contributed by atoms with Crippen LogP contribution in [0, 0.1) is 13.8 Å². The molecule has 6 heteroatoms. The fourth-order valence-corrected chi connectivity index (χ4v) is 2.76. The number of rotatable bonds is 4. The van der Waals surface area contributed by atoms with Crippen molar-refractivity contribution in [2.75, 3.05) is 12.4 Å². The summed E-state index contributed by atoms with van der Waals surface area (Å²) >= 11 is 0. The lowest BCUT2D eigenvalue weighted by Gasteiger charge is -2.11. The summed E-state index contributed by atoms with van der Waals surface area (Å²) in [5.74, 6) is -0.526. The van der Waals surface area contributed by atoms with E-state index in [2.05, 4.69) is 15.7 Å². The third kappa shape index (κ3) is 3.49. The summed E-state index contributed by atoms with van der Waals surface area (Å²) in [7, 11) is 1.55. The largest absolute Gasteiger partial charge is 0.355 e. The lowest BCUT2D eigenvalue weighted by atomic mass is 10.1. The predicted octanol–water partition coefficient (Wildman–Crippen LogP) is 3.10. The van der Waals surface area contributed by atoms with E-state index in [0.29, 0.717) is 16.8 Å². The lowest BCUT2D eigenvalue weighted by molar-refractivity contribution is 0.0964. The van der Waals surface area contributed by atoms with Crippen LogP contribution in [0.15, 0.2) is 54.6 Å². The van der Waals surface area contributed by atoms with Crippen molar-refractivity contribution in [3.05, 3.63) is 77.1 Å². The van der Waals surface area contributed by atoms with Crippen LogP contribution in [0.3, 0.4) is 0 Å². The minimum absolute atomic E-state index is 0.249. The van der Waals surface area contributed by atoms with Gasteiger partial charge >= 0.3 is 0 Å². The second-order valence-electron chi connectivity index (χ2n) is 5.96. The summed E-state index contributed by atoms with van der Waals surface area (Å²) in [6.07, 6.45) is 0. The molecule has 6 nitrogen and oxygen atoms in total. The minimum atomic E-state index is -0.277. The van der Waals surface area contributed by atoms with E-state index >= 15 is 0 Å². The Morgan fingerprint density at radius 1 is 0.962 bits per heavy atom. The van der Waals surface area contributed by atoms with E-state index in [0.717, 1.165) is 17.1 Å². The molecule has 0 aliphatic heterocycles. The van der Waals surface area contributed by atoms with Gasteiger partial charge in [0, 0.05) is 18.3 Å². The summed E-state index contributed by atoms with van der Waals surface area (Å²) < 4.78 is 1.83. The Hall–Kier alpha value is -3.41. The molecule has 0 saturated carbocycles. The van der Waals surface area contributed by atoms with Crippen molar-refractivity contribution in [2.45, 2.75) is 13.8 Å². The monoisotopic (exact) mass is 348 g/mol. The Morgan fingerprint density at radius 3 is 2.27 bits per heavy atom.